The number of anilines is 1. The van der Waals surface area contributed by atoms with Crippen LogP contribution in [-0.4, -0.2) is 58.7 Å². The van der Waals surface area contributed by atoms with Crippen molar-refractivity contribution < 1.29 is 9.59 Å². The summed E-state index contributed by atoms with van der Waals surface area (Å²) in [5.74, 6) is 1.85. The van der Waals surface area contributed by atoms with Crippen LogP contribution in [0.5, 0.6) is 0 Å². The van der Waals surface area contributed by atoms with Crippen molar-refractivity contribution in [2.75, 3.05) is 38.0 Å². The molecule has 1 aromatic rings. The molecule has 4 bridgehead atoms. The second-order valence-corrected chi connectivity index (χ2v) is 11.6. The van der Waals surface area contributed by atoms with Crippen LogP contribution in [-0.2, 0) is 9.59 Å². The summed E-state index contributed by atoms with van der Waals surface area (Å²) in [7, 11) is 0. The van der Waals surface area contributed by atoms with E-state index >= 15 is 0 Å². The summed E-state index contributed by atoms with van der Waals surface area (Å²) in [6.45, 7) is 3.41. The highest BCUT2D eigenvalue weighted by Gasteiger charge is 2.60. The molecular weight excluding hydrogens is 430 g/mol. The Morgan fingerprint density at radius 1 is 1.00 bits per heavy atom. The van der Waals surface area contributed by atoms with E-state index < -0.39 is 0 Å². The van der Waals surface area contributed by atoms with Gasteiger partial charge < -0.3 is 10.2 Å². The number of halogens is 1. The van der Waals surface area contributed by atoms with Gasteiger partial charge in [0.15, 0.2) is 0 Å². The molecule has 1 aliphatic heterocycles. The van der Waals surface area contributed by atoms with Crippen LogP contribution in [0.3, 0.4) is 0 Å². The molecule has 5 aliphatic rings. The molecule has 6 heteroatoms. The van der Waals surface area contributed by atoms with Crippen molar-refractivity contribution in [1.82, 2.24) is 9.80 Å². The third-order valence-corrected chi connectivity index (χ3v) is 8.46. The minimum atomic E-state index is -0.125. The first-order valence-electron chi connectivity index (χ1n) is 11.0. The van der Waals surface area contributed by atoms with Crippen molar-refractivity contribution in [2.24, 2.45) is 17.3 Å². The van der Waals surface area contributed by atoms with E-state index in [1.54, 1.807) is 0 Å². The van der Waals surface area contributed by atoms with Gasteiger partial charge in [-0.3, -0.25) is 14.5 Å². The van der Waals surface area contributed by atoms with Crippen molar-refractivity contribution in [1.29, 1.82) is 0 Å². The van der Waals surface area contributed by atoms with E-state index in [2.05, 4.69) is 31.0 Å². The largest absolute Gasteiger partial charge is 0.340 e. The molecule has 0 radical (unpaired) electrons. The predicted octanol–water partition coefficient (Wildman–Crippen LogP) is 3.50. The molecule has 1 saturated heterocycles. The lowest BCUT2D eigenvalue weighted by atomic mass is 9.49. The number of alkyl halides is 1. The zero-order valence-corrected chi connectivity index (χ0v) is 18.5. The standard InChI is InChI=1S/C23H30BrN3O2/c24-23-13-17-10-18(14-23)12-22(11-17,16-23)21(29)27-8-6-26(7-9-27)15-20(28)25-19-4-2-1-3-5-19/h1-5,17-18H,6-16H2,(H,25,28). The molecule has 29 heavy (non-hydrogen) atoms. The highest BCUT2D eigenvalue weighted by Crippen LogP contribution is 2.64. The quantitative estimate of drug-likeness (QED) is 0.700. The summed E-state index contributed by atoms with van der Waals surface area (Å²) in [6, 6.07) is 9.57. The molecule has 4 saturated carbocycles. The number of nitrogens with zero attached hydrogens (tertiary/aromatic N) is 2. The summed E-state index contributed by atoms with van der Waals surface area (Å²) in [5, 5.41) is 2.95. The number of carbonyl (C=O) groups is 2. The third kappa shape index (κ3) is 3.86. The highest BCUT2D eigenvalue weighted by molar-refractivity contribution is 9.10. The fourth-order valence-electron chi connectivity index (χ4n) is 6.77. The van der Waals surface area contributed by atoms with Crippen LogP contribution >= 0.6 is 15.9 Å². The van der Waals surface area contributed by atoms with Gasteiger partial charge in [-0.2, -0.15) is 0 Å². The topological polar surface area (TPSA) is 52.7 Å². The molecule has 1 N–H and O–H groups in total. The number of para-hydroxylation sites is 1. The average molecular weight is 460 g/mol. The Morgan fingerprint density at radius 3 is 2.28 bits per heavy atom. The maximum atomic E-state index is 13.6. The maximum absolute atomic E-state index is 13.6. The minimum absolute atomic E-state index is 0.0123. The van der Waals surface area contributed by atoms with E-state index in [-0.39, 0.29) is 15.6 Å². The van der Waals surface area contributed by atoms with Crippen LogP contribution in [0.25, 0.3) is 0 Å². The molecule has 6 rings (SSSR count). The van der Waals surface area contributed by atoms with Gasteiger partial charge >= 0.3 is 0 Å². The summed E-state index contributed by atoms with van der Waals surface area (Å²) in [4.78, 5) is 30.1. The minimum Gasteiger partial charge on any atom is -0.340 e. The molecule has 5 fully saturated rings. The van der Waals surface area contributed by atoms with Gasteiger partial charge in [0.05, 0.1) is 12.0 Å². The molecule has 4 aliphatic carbocycles. The van der Waals surface area contributed by atoms with E-state index in [9.17, 15) is 9.59 Å². The summed E-state index contributed by atoms with van der Waals surface area (Å²) < 4.78 is 0.212. The van der Waals surface area contributed by atoms with Gasteiger partial charge in [0.1, 0.15) is 0 Å². The fraction of sp³-hybridized carbons (Fsp3) is 0.652. The van der Waals surface area contributed by atoms with Crippen molar-refractivity contribution in [3.8, 4) is 0 Å². The monoisotopic (exact) mass is 459 g/mol. The van der Waals surface area contributed by atoms with Crippen LogP contribution in [0.2, 0.25) is 0 Å². The SMILES string of the molecule is O=C(CN1CCN(C(=O)C23CC4CC(CC(Br)(C4)C2)C3)CC1)Nc1ccccc1. The van der Waals surface area contributed by atoms with Crippen LogP contribution in [0, 0.1) is 17.3 Å². The molecule has 2 amide bonds. The first kappa shape index (κ1) is 19.6. The van der Waals surface area contributed by atoms with Crippen molar-refractivity contribution in [3.05, 3.63) is 30.3 Å². The Hall–Kier alpha value is -1.40. The van der Waals surface area contributed by atoms with E-state index in [0.717, 1.165) is 63.0 Å². The van der Waals surface area contributed by atoms with Gasteiger partial charge in [-0.1, -0.05) is 34.1 Å². The van der Waals surface area contributed by atoms with Gasteiger partial charge in [0, 0.05) is 36.2 Å². The molecule has 2 atom stereocenters. The number of nitrogens with one attached hydrogen (secondary N) is 1. The Morgan fingerprint density at radius 2 is 1.66 bits per heavy atom. The smallest absolute Gasteiger partial charge is 0.238 e. The fourth-order valence-corrected chi connectivity index (χ4v) is 8.22. The first-order valence-corrected chi connectivity index (χ1v) is 11.8. The molecule has 0 spiro atoms. The second kappa shape index (κ2) is 7.38. The molecule has 0 aromatic heterocycles. The lowest BCUT2D eigenvalue weighted by Gasteiger charge is -2.60. The van der Waals surface area contributed by atoms with Crippen LogP contribution < -0.4 is 5.32 Å². The second-order valence-electron chi connectivity index (χ2n) is 9.87. The van der Waals surface area contributed by atoms with E-state index in [1.165, 1.54) is 19.3 Å². The van der Waals surface area contributed by atoms with Gasteiger partial charge in [-0.05, 0) is 62.5 Å². The number of carbonyl (C=O) groups excluding carboxylic acids is 2. The van der Waals surface area contributed by atoms with Crippen LogP contribution in [0.4, 0.5) is 5.69 Å². The summed E-state index contributed by atoms with van der Waals surface area (Å²) in [5.41, 5.74) is 0.706. The maximum Gasteiger partial charge on any atom is 0.238 e. The van der Waals surface area contributed by atoms with Crippen molar-refractivity contribution >= 4 is 33.4 Å². The molecular formula is C23H30BrN3O2. The lowest BCUT2D eigenvalue weighted by Crippen LogP contribution is -2.61. The zero-order chi connectivity index (χ0) is 20.1. The highest BCUT2D eigenvalue weighted by atomic mass is 79.9. The molecule has 156 valence electrons. The average Bonchev–Trinajstić information content (AvgIpc) is 2.67. The number of hydrogen-bond acceptors (Lipinski definition) is 3. The van der Waals surface area contributed by atoms with Gasteiger partial charge in [0.2, 0.25) is 11.8 Å². The predicted molar refractivity (Wildman–Crippen MR) is 117 cm³/mol. The van der Waals surface area contributed by atoms with E-state index in [4.69, 9.17) is 0 Å². The lowest BCUT2D eigenvalue weighted by molar-refractivity contribution is -0.157. The molecule has 1 heterocycles. The number of rotatable bonds is 4. The van der Waals surface area contributed by atoms with Crippen LogP contribution in [0.15, 0.2) is 30.3 Å². The molecule has 2 unspecified atom stereocenters. The van der Waals surface area contributed by atoms with Crippen molar-refractivity contribution in [2.45, 2.75) is 42.8 Å². The van der Waals surface area contributed by atoms with Gasteiger partial charge in [-0.25, -0.2) is 0 Å². The zero-order valence-electron chi connectivity index (χ0n) is 16.9. The summed E-state index contributed by atoms with van der Waals surface area (Å²) >= 11 is 4.03. The number of amides is 2. The normalized spacial score (nSPS) is 36.2. The molecule has 5 nitrogen and oxygen atoms in total. The van der Waals surface area contributed by atoms with Gasteiger partial charge in [-0.15, -0.1) is 0 Å². The van der Waals surface area contributed by atoms with E-state index in [0.29, 0.717) is 12.5 Å². The first-order chi connectivity index (χ1) is 13.9. The number of hydrogen-bond donors (Lipinski definition) is 1. The summed E-state index contributed by atoms with van der Waals surface area (Å²) in [6.07, 6.45) is 7.04. The van der Waals surface area contributed by atoms with Crippen LogP contribution in [0.1, 0.15) is 38.5 Å². The Bertz CT molecular complexity index is 777. The third-order valence-electron chi connectivity index (χ3n) is 7.53. The number of benzene rings is 1. The Kier molecular flexibility index (Phi) is 4.98. The van der Waals surface area contributed by atoms with Crippen molar-refractivity contribution in [3.63, 3.8) is 0 Å². The Labute approximate surface area is 181 Å². The van der Waals surface area contributed by atoms with Gasteiger partial charge in [0.25, 0.3) is 0 Å². The number of piperazine rings is 1. The molecule has 1 aromatic carbocycles. The van der Waals surface area contributed by atoms with E-state index in [1.807, 2.05) is 30.3 Å². The Balaban J connectivity index is 1.16.